The van der Waals surface area contributed by atoms with Crippen LogP contribution in [0.5, 0.6) is 0 Å². The van der Waals surface area contributed by atoms with E-state index < -0.39 is 0 Å². The van der Waals surface area contributed by atoms with E-state index in [9.17, 15) is 5.21 Å². The molecule has 0 unspecified atom stereocenters. The maximum absolute atomic E-state index is 13.8. The molecular formula is C23H30N2O3. The number of nitrogens with one attached hydrogen (secondary N) is 2. The van der Waals surface area contributed by atoms with E-state index in [1.165, 1.54) is 16.5 Å². The Morgan fingerprint density at radius 3 is 2.04 bits per heavy atom. The molecule has 2 aromatic carbocycles. The molecule has 3 aliphatic heterocycles. The van der Waals surface area contributed by atoms with Crippen molar-refractivity contribution in [1.29, 1.82) is 0 Å². The second-order valence-electron chi connectivity index (χ2n) is 8.89. The summed E-state index contributed by atoms with van der Waals surface area (Å²) in [4.78, 5) is 0. The summed E-state index contributed by atoms with van der Waals surface area (Å²) in [5, 5.41) is 20.6. The van der Waals surface area contributed by atoms with Gasteiger partial charge in [0.25, 0.3) is 0 Å². The highest BCUT2D eigenvalue weighted by molar-refractivity contribution is 5.93. The number of piperidine rings is 1. The average molecular weight is 383 g/mol. The number of rotatable bonds is 2. The Labute approximate surface area is 166 Å². The summed E-state index contributed by atoms with van der Waals surface area (Å²) in [6.45, 7) is 2.83. The molecule has 0 amide bonds. The zero-order valence-corrected chi connectivity index (χ0v) is 16.4. The number of anilines is 1. The lowest BCUT2D eigenvalue weighted by Gasteiger charge is -2.61. The summed E-state index contributed by atoms with van der Waals surface area (Å²) in [5.74, 6) is 0. The summed E-state index contributed by atoms with van der Waals surface area (Å²) in [7, 11) is 0. The molecule has 0 radical (unpaired) electrons. The SMILES string of the molecule is [O-][NH+]1C2(CCOCC2)CC(Nc2cccc3ccccc23)CC12CCOCC2. The Hall–Kier alpha value is -1.66. The van der Waals surface area contributed by atoms with Gasteiger partial charge in [-0.05, 0) is 11.5 Å². The van der Waals surface area contributed by atoms with Gasteiger partial charge in [0.15, 0.2) is 0 Å². The smallest absolute Gasteiger partial charge is 0.104 e. The van der Waals surface area contributed by atoms with Crippen LogP contribution in [0.3, 0.4) is 0 Å². The van der Waals surface area contributed by atoms with Crippen LogP contribution in [0.25, 0.3) is 10.8 Å². The third kappa shape index (κ3) is 3.11. The van der Waals surface area contributed by atoms with E-state index >= 15 is 0 Å². The molecule has 0 saturated carbocycles. The molecule has 3 saturated heterocycles. The third-order valence-corrected chi connectivity index (χ3v) is 7.29. The average Bonchev–Trinajstić information content (AvgIpc) is 2.74. The molecule has 3 fully saturated rings. The molecule has 5 heteroatoms. The first-order valence-corrected chi connectivity index (χ1v) is 10.7. The largest absolute Gasteiger partial charge is 0.633 e. The molecule has 0 atom stereocenters. The second-order valence-corrected chi connectivity index (χ2v) is 8.89. The van der Waals surface area contributed by atoms with E-state index in [0.29, 0.717) is 37.5 Å². The van der Waals surface area contributed by atoms with Gasteiger partial charge in [0, 0.05) is 55.6 Å². The van der Waals surface area contributed by atoms with Crippen LogP contribution >= 0.6 is 0 Å². The fourth-order valence-corrected chi connectivity index (χ4v) is 5.82. The second kappa shape index (κ2) is 7.30. The summed E-state index contributed by atoms with van der Waals surface area (Å²) in [6.07, 6.45) is 5.29. The molecule has 0 aromatic heterocycles. The fourth-order valence-electron chi connectivity index (χ4n) is 5.82. The van der Waals surface area contributed by atoms with Crippen LogP contribution in [-0.2, 0) is 9.47 Å². The van der Waals surface area contributed by atoms with Crippen molar-refractivity contribution in [1.82, 2.24) is 0 Å². The minimum absolute atomic E-state index is 0.226. The molecule has 2 aromatic rings. The highest BCUT2D eigenvalue weighted by Crippen LogP contribution is 2.37. The van der Waals surface area contributed by atoms with Crippen molar-refractivity contribution in [2.75, 3.05) is 31.7 Å². The Balaban J connectivity index is 1.48. The molecule has 2 spiro atoms. The van der Waals surface area contributed by atoms with E-state index in [-0.39, 0.29) is 11.1 Å². The number of ether oxygens (including phenoxy) is 2. The summed E-state index contributed by atoms with van der Waals surface area (Å²) in [6, 6.07) is 15.3. The maximum atomic E-state index is 13.8. The van der Waals surface area contributed by atoms with Gasteiger partial charge in [-0.15, -0.1) is 0 Å². The van der Waals surface area contributed by atoms with E-state index in [2.05, 4.69) is 47.8 Å². The predicted octanol–water partition coefficient (Wildman–Crippen LogP) is 2.90. The summed E-state index contributed by atoms with van der Waals surface area (Å²) in [5.41, 5.74) is 0.730. The van der Waals surface area contributed by atoms with Gasteiger partial charge in [-0.1, -0.05) is 36.4 Å². The van der Waals surface area contributed by atoms with Crippen LogP contribution in [0.2, 0.25) is 0 Å². The molecule has 5 rings (SSSR count). The first-order valence-electron chi connectivity index (χ1n) is 10.7. The number of quaternary nitrogens is 1. The van der Waals surface area contributed by atoms with E-state index in [1.54, 1.807) is 0 Å². The molecule has 150 valence electrons. The van der Waals surface area contributed by atoms with Crippen molar-refractivity contribution in [2.24, 2.45) is 0 Å². The van der Waals surface area contributed by atoms with Crippen LogP contribution in [0, 0.1) is 5.21 Å². The quantitative estimate of drug-likeness (QED) is 0.784. The summed E-state index contributed by atoms with van der Waals surface area (Å²) >= 11 is 0. The lowest BCUT2D eigenvalue weighted by Crippen LogP contribution is -3.25. The monoisotopic (exact) mass is 382 g/mol. The number of hydrogen-bond donors (Lipinski definition) is 2. The zero-order chi connectivity index (χ0) is 19.0. The Morgan fingerprint density at radius 2 is 1.39 bits per heavy atom. The highest BCUT2D eigenvalue weighted by Gasteiger charge is 2.55. The first kappa shape index (κ1) is 18.4. The van der Waals surface area contributed by atoms with Gasteiger partial charge in [-0.2, -0.15) is 0 Å². The standard InChI is InChI=1S/C23H30N2O3/c26-25-22(8-12-27-13-9-22)16-19(17-23(25)10-14-28-15-11-23)24-21-7-3-5-18-4-1-2-6-20(18)21/h1-7,19,24-25H,8-17H2. The Morgan fingerprint density at radius 1 is 0.821 bits per heavy atom. The zero-order valence-electron chi connectivity index (χ0n) is 16.4. The fraction of sp³-hybridized carbons (Fsp3) is 0.565. The maximum Gasteiger partial charge on any atom is 0.104 e. The molecule has 0 aliphatic carbocycles. The third-order valence-electron chi connectivity index (χ3n) is 7.29. The van der Waals surface area contributed by atoms with Crippen molar-refractivity contribution in [2.45, 2.75) is 55.6 Å². The predicted molar refractivity (Wildman–Crippen MR) is 110 cm³/mol. The highest BCUT2D eigenvalue weighted by atomic mass is 16.5. The van der Waals surface area contributed by atoms with E-state index in [4.69, 9.17) is 9.47 Å². The van der Waals surface area contributed by atoms with Crippen molar-refractivity contribution in [3.63, 3.8) is 0 Å². The van der Waals surface area contributed by atoms with Crippen LogP contribution < -0.4 is 10.4 Å². The van der Waals surface area contributed by atoms with Gasteiger partial charge in [-0.3, -0.25) is 0 Å². The van der Waals surface area contributed by atoms with Gasteiger partial charge in [0.1, 0.15) is 11.1 Å². The van der Waals surface area contributed by atoms with Crippen molar-refractivity contribution < 1.29 is 14.5 Å². The van der Waals surface area contributed by atoms with Crippen LogP contribution in [0.15, 0.2) is 42.5 Å². The van der Waals surface area contributed by atoms with Crippen molar-refractivity contribution >= 4 is 16.5 Å². The minimum Gasteiger partial charge on any atom is -0.633 e. The molecule has 28 heavy (non-hydrogen) atoms. The van der Waals surface area contributed by atoms with E-state index in [1.807, 2.05) is 0 Å². The number of benzene rings is 2. The molecule has 2 N–H and O–H groups in total. The number of hydrogen-bond acceptors (Lipinski definition) is 4. The topological polar surface area (TPSA) is 58.0 Å². The van der Waals surface area contributed by atoms with E-state index in [0.717, 1.165) is 38.5 Å². The number of fused-ring (bicyclic) bond motifs is 1. The summed E-state index contributed by atoms with van der Waals surface area (Å²) < 4.78 is 11.3. The molecule has 3 aliphatic rings. The van der Waals surface area contributed by atoms with Gasteiger partial charge < -0.3 is 25.1 Å². The molecular weight excluding hydrogens is 352 g/mol. The van der Waals surface area contributed by atoms with Gasteiger partial charge in [-0.25, -0.2) is 0 Å². The molecule has 3 heterocycles. The van der Waals surface area contributed by atoms with Crippen LogP contribution in [-0.4, -0.2) is 43.5 Å². The van der Waals surface area contributed by atoms with Crippen molar-refractivity contribution in [3.05, 3.63) is 47.7 Å². The van der Waals surface area contributed by atoms with Crippen molar-refractivity contribution in [3.8, 4) is 0 Å². The molecule has 0 bridgehead atoms. The lowest BCUT2D eigenvalue weighted by molar-refractivity contribution is -0.968. The lowest BCUT2D eigenvalue weighted by atomic mass is 9.69. The normalized spacial score (nSPS) is 29.2. The number of hydroxylamine groups is 2. The van der Waals surface area contributed by atoms with Gasteiger partial charge in [0.2, 0.25) is 0 Å². The molecule has 5 nitrogen and oxygen atoms in total. The Kier molecular flexibility index (Phi) is 4.79. The first-order chi connectivity index (χ1) is 13.7. The van der Waals surface area contributed by atoms with Crippen LogP contribution in [0.1, 0.15) is 38.5 Å². The van der Waals surface area contributed by atoms with Gasteiger partial charge in [0.05, 0.1) is 26.4 Å². The van der Waals surface area contributed by atoms with Gasteiger partial charge >= 0.3 is 0 Å². The van der Waals surface area contributed by atoms with Crippen LogP contribution in [0.4, 0.5) is 5.69 Å². The Bertz CT molecular complexity index is 794. The minimum atomic E-state index is -0.226.